The lowest BCUT2D eigenvalue weighted by Gasteiger charge is -2.17. The molecule has 0 fully saturated rings. The number of benzene rings is 2. The fourth-order valence-electron chi connectivity index (χ4n) is 2.83. The van der Waals surface area contributed by atoms with E-state index < -0.39 is 0 Å². The molecule has 0 radical (unpaired) electrons. The van der Waals surface area contributed by atoms with Crippen LogP contribution in [0.5, 0.6) is 0 Å². The number of aromatic nitrogens is 4. The van der Waals surface area contributed by atoms with Crippen LogP contribution < -0.4 is 10.5 Å². The number of nitrogens with zero attached hydrogens (tertiary/aromatic N) is 5. The minimum Gasteiger partial charge on any atom is -0.335 e. The first kappa shape index (κ1) is 16.0. The molecule has 0 aliphatic rings. The lowest BCUT2D eigenvalue weighted by molar-refractivity contribution is 0.369. The summed E-state index contributed by atoms with van der Waals surface area (Å²) in [5.41, 5.74) is 1.51. The smallest absolute Gasteiger partial charge is 0.270 e. The molecule has 0 atom stereocenters. The zero-order valence-corrected chi connectivity index (χ0v) is 14.2. The summed E-state index contributed by atoms with van der Waals surface area (Å²) >= 11 is 0. The van der Waals surface area contributed by atoms with Crippen LogP contribution in [-0.2, 0) is 6.54 Å². The van der Waals surface area contributed by atoms with Gasteiger partial charge >= 0.3 is 0 Å². The van der Waals surface area contributed by atoms with Gasteiger partial charge in [-0.15, -0.1) is 0 Å². The normalized spacial score (nSPS) is 11.0. The Hall–Kier alpha value is -3.48. The van der Waals surface area contributed by atoms with E-state index in [4.69, 9.17) is 4.52 Å². The molecule has 7 heteroatoms. The molecule has 0 spiro atoms. The number of anilines is 2. The minimum absolute atomic E-state index is 0.134. The highest BCUT2D eigenvalue weighted by atomic mass is 16.5. The molecule has 0 saturated heterocycles. The highest BCUT2D eigenvalue weighted by Gasteiger charge is 2.15. The van der Waals surface area contributed by atoms with E-state index in [1.54, 1.807) is 6.07 Å². The molecule has 130 valence electrons. The molecule has 4 aromatic rings. The van der Waals surface area contributed by atoms with Gasteiger partial charge < -0.3 is 9.42 Å². The zero-order chi connectivity index (χ0) is 17.9. The first-order chi connectivity index (χ1) is 12.8. The van der Waals surface area contributed by atoms with Gasteiger partial charge in [0.05, 0.1) is 17.2 Å². The van der Waals surface area contributed by atoms with Crippen LogP contribution in [0.25, 0.3) is 10.9 Å². The van der Waals surface area contributed by atoms with Crippen LogP contribution in [0.4, 0.5) is 11.6 Å². The first-order valence-corrected chi connectivity index (χ1v) is 8.35. The van der Waals surface area contributed by atoms with Crippen molar-refractivity contribution >= 4 is 22.5 Å². The van der Waals surface area contributed by atoms with Crippen molar-refractivity contribution in [2.75, 3.05) is 11.4 Å². The summed E-state index contributed by atoms with van der Waals surface area (Å²) in [6, 6.07) is 17.1. The molecule has 0 bridgehead atoms. The molecule has 0 saturated carbocycles. The summed E-state index contributed by atoms with van der Waals surface area (Å²) in [5, 5.41) is 4.62. The van der Waals surface area contributed by atoms with Gasteiger partial charge in [0.25, 0.3) is 11.5 Å². The van der Waals surface area contributed by atoms with E-state index in [0.717, 1.165) is 5.69 Å². The largest absolute Gasteiger partial charge is 0.335 e. The van der Waals surface area contributed by atoms with Gasteiger partial charge in [-0.1, -0.05) is 30.3 Å². The van der Waals surface area contributed by atoms with E-state index in [0.29, 0.717) is 29.3 Å². The summed E-state index contributed by atoms with van der Waals surface area (Å²) in [7, 11) is 0. The van der Waals surface area contributed by atoms with Crippen LogP contribution in [0.15, 0.2) is 70.2 Å². The molecule has 2 aromatic carbocycles. The quantitative estimate of drug-likeness (QED) is 0.552. The summed E-state index contributed by atoms with van der Waals surface area (Å²) in [5.74, 6) is 0.823. The van der Waals surface area contributed by atoms with Crippen molar-refractivity contribution in [3.05, 3.63) is 77.2 Å². The third kappa shape index (κ3) is 2.95. The van der Waals surface area contributed by atoms with Gasteiger partial charge in [0, 0.05) is 12.2 Å². The van der Waals surface area contributed by atoms with E-state index in [-0.39, 0.29) is 12.1 Å². The molecule has 2 heterocycles. The van der Waals surface area contributed by atoms with Crippen molar-refractivity contribution in [2.45, 2.75) is 13.5 Å². The molecule has 7 nitrogen and oxygen atoms in total. The van der Waals surface area contributed by atoms with Crippen molar-refractivity contribution in [1.82, 2.24) is 19.7 Å². The lowest BCUT2D eigenvalue weighted by atomic mass is 10.2. The highest BCUT2D eigenvalue weighted by Crippen LogP contribution is 2.21. The van der Waals surface area contributed by atoms with E-state index in [2.05, 4.69) is 15.1 Å². The molecule has 0 amide bonds. The van der Waals surface area contributed by atoms with Crippen LogP contribution in [0.1, 0.15) is 12.8 Å². The van der Waals surface area contributed by atoms with Crippen LogP contribution in [0, 0.1) is 0 Å². The molecular formula is C19H17N5O2. The number of fused-ring (bicyclic) bond motifs is 1. The maximum Gasteiger partial charge on any atom is 0.270 e. The Balaban J connectivity index is 1.63. The van der Waals surface area contributed by atoms with E-state index in [1.165, 1.54) is 10.9 Å². The monoisotopic (exact) mass is 347 g/mol. The lowest BCUT2D eigenvalue weighted by Crippen LogP contribution is -2.21. The molecule has 4 rings (SSSR count). The van der Waals surface area contributed by atoms with Crippen LogP contribution in [0.2, 0.25) is 0 Å². The number of rotatable bonds is 5. The third-order valence-electron chi connectivity index (χ3n) is 4.12. The molecule has 2 aromatic heterocycles. The van der Waals surface area contributed by atoms with Crippen LogP contribution in [0.3, 0.4) is 0 Å². The third-order valence-corrected chi connectivity index (χ3v) is 4.12. The fraction of sp³-hybridized carbons (Fsp3) is 0.158. The molecular weight excluding hydrogens is 330 g/mol. The predicted molar refractivity (Wildman–Crippen MR) is 98.5 cm³/mol. The molecule has 0 aliphatic heterocycles. The Labute approximate surface area is 149 Å². The number of hydrogen-bond donors (Lipinski definition) is 0. The molecule has 0 N–H and O–H groups in total. The number of hydrogen-bond acceptors (Lipinski definition) is 6. The predicted octanol–water partition coefficient (Wildman–Crippen LogP) is 2.99. The maximum atomic E-state index is 12.6. The average molecular weight is 347 g/mol. The zero-order valence-electron chi connectivity index (χ0n) is 14.2. The summed E-state index contributed by atoms with van der Waals surface area (Å²) in [6.07, 6.45) is 1.50. The topological polar surface area (TPSA) is 77.0 Å². The van der Waals surface area contributed by atoms with Gasteiger partial charge in [-0.25, -0.2) is 4.98 Å². The summed E-state index contributed by atoms with van der Waals surface area (Å²) in [6.45, 7) is 2.89. The van der Waals surface area contributed by atoms with Crippen molar-refractivity contribution in [3.63, 3.8) is 0 Å². The molecule has 0 unspecified atom stereocenters. The summed E-state index contributed by atoms with van der Waals surface area (Å²) < 4.78 is 6.82. The molecule has 26 heavy (non-hydrogen) atoms. The minimum atomic E-state index is -0.134. The fourth-order valence-corrected chi connectivity index (χ4v) is 2.83. The van der Waals surface area contributed by atoms with Crippen molar-refractivity contribution in [3.8, 4) is 0 Å². The van der Waals surface area contributed by atoms with Crippen LogP contribution >= 0.6 is 0 Å². The Morgan fingerprint density at radius 3 is 2.65 bits per heavy atom. The van der Waals surface area contributed by atoms with Gasteiger partial charge in [0.1, 0.15) is 6.54 Å². The second-order valence-electron chi connectivity index (χ2n) is 5.76. The Bertz CT molecular complexity index is 1090. The van der Waals surface area contributed by atoms with Gasteiger partial charge in [0.2, 0.25) is 5.89 Å². The van der Waals surface area contributed by atoms with E-state index >= 15 is 0 Å². The first-order valence-electron chi connectivity index (χ1n) is 8.35. The van der Waals surface area contributed by atoms with E-state index in [9.17, 15) is 4.79 Å². The summed E-state index contributed by atoms with van der Waals surface area (Å²) in [4.78, 5) is 23.3. The SMILES string of the molecule is CCN(c1ccccc1)c1noc(Cn2cnc3ccccc3c2=O)n1. The van der Waals surface area contributed by atoms with Gasteiger partial charge in [0.15, 0.2) is 0 Å². The Morgan fingerprint density at radius 1 is 1.08 bits per heavy atom. The van der Waals surface area contributed by atoms with Crippen LogP contribution in [-0.4, -0.2) is 26.2 Å². The average Bonchev–Trinajstić information content (AvgIpc) is 3.14. The Kier molecular flexibility index (Phi) is 4.18. The maximum absolute atomic E-state index is 12.6. The van der Waals surface area contributed by atoms with Crippen molar-refractivity contribution in [2.24, 2.45) is 0 Å². The standard InChI is InChI=1S/C19H17N5O2/c1-2-24(14-8-4-3-5-9-14)19-21-17(26-22-19)12-23-13-20-16-11-7-6-10-15(16)18(23)25/h3-11,13H,2,12H2,1H3. The highest BCUT2D eigenvalue weighted by molar-refractivity contribution is 5.76. The number of para-hydroxylation sites is 2. The molecule has 0 aliphatic carbocycles. The second kappa shape index (κ2) is 6.79. The van der Waals surface area contributed by atoms with Crippen molar-refractivity contribution in [1.29, 1.82) is 0 Å². The van der Waals surface area contributed by atoms with Gasteiger partial charge in [-0.2, -0.15) is 4.98 Å². The van der Waals surface area contributed by atoms with Crippen molar-refractivity contribution < 1.29 is 4.52 Å². The Morgan fingerprint density at radius 2 is 1.85 bits per heavy atom. The van der Waals surface area contributed by atoms with Gasteiger partial charge in [-0.05, 0) is 36.3 Å². The van der Waals surface area contributed by atoms with Gasteiger partial charge in [-0.3, -0.25) is 9.36 Å². The second-order valence-corrected chi connectivity index (χ2v) is 5.76. The van der Waals surface area contributed by atoms with E-state index in [1.807, 2.05) is 60.4 Å².